The first kappa shape index (κ1) is 20.3. The summed E-state index contributed by atoms with van der Waals surface area (Å²) in [6, 6.07) is 10.8. The van der Waals surface area contributed by atoms with E-state index in [9.17, 15) is 4.79 Å². The summed E-state index contributed by atoms with van der Waals surface area (Å²) in [6.45, 7) is 2.35. The maximum absolute atomic E-state index is 12.0. The first-order valence-corrected chi connectivity index (χ1v) is 9.17. The Labute approximate surface area is 173 Å². The van der Waals surface area contributed by atoms with E-state index in [2.05, 4.69) is 20.8 Å². The number of hydrogen-bond acceptors (Lipinski definition) is 6. The Morgan fingerprint density at radius 3 is 2.69 bits per heavy atom. The Kier molecular flexibility index (Phi) is 6.13. The minimum absolute atomic E-state index is 0.225. The summed E-state index contributed by atoms with van der Waals surface area (Å²) in [5.74, 6) is 1.42. The molecule has 1 aromatic heterocycles. The minimum Gasteiger partial charge on any atom is -0.493 e. The summed E-state index contributed by atoms with van der Waals surface area (Å²) in [6.07, 6.45) is 0. The number of methoxy groups -OCH3 is 2. The molecular formula is C20H22ClN5O3. The molecule has 5 N–H and O–H groups in total. The van der Waals surface area contributed by atoms with Crippen molar-refractivity contribution in [1.82, 2.24) is 10.2 Å². The van der Waals surface area contributed by atoms with E-state index in [4.69, 9.17) is 26.8 Å². The molecule has 1 amide bonds. The molecule has 152 valence electrons. The maximum Gasteiger partial charge on any atom is 0.256 e. The van der Waals surface area contributed by atoms with E-state index < -0.39 is 5.91 Å². The molecule has 29 heavy (non-hydrogen) atoms. The number of nitrogens with one attached hydrogen (secondary N) is 3. The van der Waals surface area contributed by atoms with Gasteiger partial charge in [-0.05, 0) is 42.3 Å². The summed E-state index contributed by atoms with van der Waals surface area (Å²) >= 11 is 6.01. The highest BCUT2D eigenvalue weighted by molar-refractivity contribution is 6.30. The van der Waals surface area contributed by atoms with Gasteiger partial charge in [-0.15, -0.1) is 0 Å². The SMILES string of the molecule is COc1ccc(CNc2n[nH]c(Nc3cccc(Cl)c3)c2C(N)=O)c(C)c1OC. The van der Waals surface area contributed by atoms with E-state index in [1.165, 1.54) is 0 Å². The van der Waals surface area contributed by atoms with Gasteiger partial charge in [-0.1, -0.05) is 23.7 Å². The summed E-state index contributed by atoms with van der Waals surface area (Å²) in [4.78, 5) is 12.0. The van der Waals surface area contributed by atoms with Crippen molar-refractivity contribution in [3.05, 3.63) is 58.1 Å². The molecule has 3 aromatic rings. The number of nitrogens with zero attached hydrogens (tertiary/aromatic N) is 1. The zero-order valence-electron chi connectivity index (χ0n) is 16.3. The molecule has 0 aliphatic carbocycles. The molecule has 0 radical (unpaired) electrons. The zero-order chi connectivity index (χ0) is 21.0. The number of amides is 1. The van der Waals surface area contributed by atoms with Crippen molar-refractivity contribution in [2.45, 2.75) is 13.5 Å². The molecule has 0 saturated carbocycles. The van der Waals surface area contributed by atoms with Gasteiger partial charge in [-0.2, -0.15) is 5.10 Å². The number of primary amides is 1. The molecule has 8 nitrogen and oxygen atoms in total. The van der Waals surface area contributed by atoms with Crippen LogP contribution in [0, 0.1) is 6.92 Å². The van der Waals surface area contributed by atoms with Crippen LogP contribution in [-0.4, -0.2) is 30.3 Å². The Morgan fingerprint density at radius 2 is 2.03 bits per heavy atom. The van der Waals surface area contributed by atoms with E-state index in [0.29, 0.717) is 40.4 Å². The van der Waals surface area contributed by atoms with Crippen LogP contribution in [0.15, 0.2) is 36.4 Å². The quantitative estimate of drug-likeness (QED) is 0.444. The minimum atomic E-state index is -0.616. The van der Waals surface area contributed by atoms with Crippen molar-refractivity contribution in [2.24, 2.45) is 5.73 Å². The molecule has 0 aliphatic heterocycles. The number of ether oxygens (including phenoxy) is 2. The second-order valence-corrected chi connectivity index (χ2v) is 6.70. The molecule has 2 aromatic carbocycles. The number of rotatable bonds is 8. The van der Waals surface area contributed by atoms with E-state index in [0.717, 1.165) is 11.1 Å². The second kappa shape index (κ2) is 8.74. The lowest BCUT2D eigenvalue weighted by Gasteiger charge is -2.14. The molecule has 0 spiro atoms. The number of halogens is 1. The van der Waals surface area contributed by atoms with Crippen molar-refractivity contribution in [2.75, 3.05) is 24.9 Å². The average molecular weight is 416 g/mol. The largest absolute Gasteiger partial charge is 0.493 e. The summed E-state index contributed by atoms with van der Waals surface area (Å²) in [5.41, 5.74) is 8.40. The first-order chi connectivity index (χ1) is 13.9. The van der Waals surface area contributed by atoms with Gasteiger partial charge in [-0.25, -0.2) is 0 Å². The fourth-order valence-electron chi connectivity index (χ4n) is 3.00. The van der Waals surface area contributed by atoms with Crippen LogP contribution in [-0.2, 0) is 6.54 Å². The molecule has 0 bridgehead atoms. The molecule has 0 atom stereocenters. The molecule has 0 saturated heterocycles. The van der Waals surface area contributed by atoms with Gasteiger partial charge < -0.3 is 25.8 Å². The van der Waals surface area contributed by atoms with Gasteiger partial charge in [0.25, 0.3) is 5.91 Å². The predicted molar refractivity (Wildman–Crippen MR) is 113 cm³/mol. The molecule has 1 heterocycles. The fourth-order valence-corrected chi connectivity index (χ4v) is 3.19. The van der Waals surface area contributed by atoms with Crippen LogP contribution < -0.4 is 25.8 Å². The van der Waals surface area contributed by atoms with Crippen LogP contribution in [0.4, 0.5) is 17.3 Å². The zero-order valence-corrected chi connectivity index (χ0v) is 17.1. The third kappa shape index (κ3) is 4.38. The van der Waals surface area contributed by atoms with Gasteiger partial charge in [0.1, 0.15) is 11.4 Å². The number of benzene rings is 2. The summed E-state index contributed by atoms with van der Waals surface area (Å²) in [5, 5.41) is 13.8. The standard InChI is InChI=1S/C20H22ClN5O3/c1-11-12(7-8-15(28-2)17(11)29-3)10-23-19-16(18(22)27)20(26-25-19)24-14-6-4-5-13(21)9-14/h4-9H,10H2,1-3H3,(H2,22,27)(H3,23,24,25,26). The molecule has 0 fully saturated rings. The van der Waals surface area contributed by atoms with E-state index >= 15 is 0 Å². The van der Waals surface area contributed by atoms with Crippen molar-refractivity contribution in [1.29, 1.82) is 0 Å². The lowest BCUT2D eigenvalue weighted by molar-refractivity contribution is 0.100. The van der Waals surface area contributed by atoms with Gasteiger partial charge in [0.2, 0.25) is 0 Å². The normalized spacial score (nSPS) is 10.5. The van der Waals surface area contributed by atoms with Crippen molar-refractivity contribution in [3.8, 4) is 11.5 Å². The van der Waals surface area contributed by atoms with Crippen molar-refractivity contribution >= 4 is 34.8 Å². The smallest absolute Gasteiger partial charge is 0.256 e. The number of anilines is 3. The lowest BCUT2D eigenvalue weighted by atomic mass is 10.1. The first-order valence-electron chi connectivity index (χ1n) is 8.79. The average Bonchev–Trinajstić information content (AvgIpc) is 3.09. The van der Waals surface area contributed by atoms with Gasteiger partial charge in [0.15, 0.2) is 17.3 Å². The Balaban J connectivity index is 1.83. The van der Waals surface area contributed by atoms with Crippen molar-refractivity contribution in [3.63, 3.8) is 0 Å². The van der Waals surface area contributed by atoms with Gasteiger partial charge >= 0.3 is 0 Å². The van der Waals surface area contributed by atoms with Gasteiger partial charge in [0.05, 0.1) is 14.2 Å². The highest BCUT2D eigenvalue weighted by Gasteiger charge is 2.19. The number of aromatic nitrogens is 2. The molecule has 3 rings (SSSR count). The van der Waals surface area contributed by atoms with Crippen LogP contribution in [0.25, 0.3) is 0 Å². The van der Waals surface area contributed by atoms with Crippen LogP contribution in [0.3, 0.4) is 0 Å². The number of H-pyrrole nitrogens is 1. The number of carbonyl (C=O) groups excluding carboxylic acids is 1. The number of nitrogens with two attached hydrogens (primary N) is 1. The molecular weight excluding hydrogens is 394 g/mol. The Bertz CT molecular complexity index is 1030. The third-order valence-corrected chi connectivity index (χ3v) is 4.69. The molecule has 0 aliphatic rings. The molecule has 9 heteroatoms. The maximum atomic E-state index is 12.0. The monoisotopic (exact) mass is 415 g/mol. The summed E-state index contributed by atoms with van der Waals surface area (Å²) < 4.78 is 10.7. The number of hydrogen-bond donors (Lipinski definition) is 4. The van der Waals surface area contributed by atoms with Crippen LogP contribution >= 0.6 is 11.6 Å². The number of carbonyl (C=O) groups is 1. The lowest BCUT2D eigenvalue weighted by Crippen LogP contribution is -2.15. The highest BCUT2D eigenvalue weighted by atomic mass is 35.5. The highest BCUT2D eigenvalue weighted by Crippen LogP contribution is 2.33. The van der Waals surface area contributed by atoms with Crippen molar-refractivity contribution < 1.29 is 14.3 Å². The Hall–Kier alpha value is -3.39. The van der Waals surface area contributed by atoms with Gasteiger partial charge in [0, 0.05) is 17.3 Å². The predicted octanol–water partition coefficient (Wildman–Crippen LogP) is 3.84. The second-order valence-electron chi connectivity index (χ2n) is 6.26. The van der Waals surface area contributed by atoms with Crippen LogP contribution in [0.2, 0.25) is 5.02 Å². The molecule has 0 unspecified atom stereocenters. The topological polar surface area (TPSA) is 114 Å². The van der Waals surface area contributed by atoms with E-state index in [-0.39, 0.29) is 5.56 Å². The van der Waals surface area contributed by atoms with Crippen LogP contribution in [0.5, 0.6) is 11.5 Å². The third-order valence-electron chi connectivity index (χ3n) is 4.46. The van der Waals surface area contributed by atoms with Crippen LogP contribution in [0.1, 0.15) is 21.5 Å². The van der Waals surface area contributed by atoms with E-state index in [1.54, 1.807) is 32.4 Å². The fraction of sp³-hybridized carbons (Fsp3) is 0.200. The number of aromatic amines is 1. The Morgan fingerprint density at radius 1 is 1.24 bits per heavy atom. The van der Waals surface area contributed by atoms with E-state index in [1.807, 2.05) is 25.1 Å². The summed E-state index contributed by atoms with van der Waals surface area (Å²) in [7, 11) is 3.18. The van der Waals surface area contributed by atoms with Gasteiger partial charge in [-0.3, -0.25) is 9.89 Å².